The Labute approximate surface area is 160 Å². The molecule has 27 heavy (non-hydrogen) atoms. The summed E-state index contributed by atoms with van der Waals surface area (Å²) in [7, 11) is -2.40. The lowest BCUT2D eigenvalue weighted by molar-refractivity contribution is 0.102. The maximum absolute atomic E-state index is 12.6. The minimum atomic E-state index is -3.79. The molecule has 2 aromatic rings. The molecule has 0 saturated carbocycles. The van der Waals surface area contributed by atoms with E-state index in [9.17, 15) is 13.2 Å². The van der Waals surface area contributed by atoms with E-state index in [1.54, 1.807) is 19.9 Å². The summed E-state index contributed by atoms with van der Waals surface area (Å²) in [6.45, 7) is 3.46. The van der Waals surface area contributed by atoms with Gasteiger partial charge in [-0.3, -0.25) is 4.79 Å². The molecule has 144 valence electrons. The number of hydrogen-bond acceptors (Lipinski definition) is 4. The van der Waals surface area contributed by atoms with E-state index >= 15 is 0 Å². The lowest BCUT2D eigenvalue weighted by Gasteiger charge is -2.14. The van der Waals surface area contributed by atoms with Crippen LogP contribution in [0.3, 0.4) is 0 Å². The third-order valence-electron chi connectivity index (χ3n) is 4.46. The van der Waals surface area contributed by atoms with Gasteiger partial charge >= 0.3 is 0 Å². The highest BCUT2D eigenvalue weighted by molar-refractivity contribution is 7.89. The van der Waals surface area contributed by atoms with Crippen molar-refractivity contribution in [2.45, 2.75) is 44.0 Å². The van der Waals surface area contributed by atoms with Crippen molar-refractivity contribution < 1.29 is 17.9 Å². The fourth-order valence-electron chi connectivity index (χ4n) is 3.25. The van der Waals surface area contributed by atoms with Gasteiger partial charge in [-0.2, -0.15) is 0 Å². The molecule has 0 heterocycles. The van der Waals surface area contributed by atoms with Crippen molar-refractivity contribution in [3.63, 3.8) is 0 Å². The summed E-state index contributed by atoms with van der Waals surface area (Å²) in [4.78, 5) is 12.6. The largest absolute Gasteiger partial charge is 0.495 e. The Morgan fingerprint density at radius 3 is 2.52 bits per heavy atom. The van der Waals surface area contributed by atoms with Crippen molar-refractivity contribution in [2.75, 3.05) is 12.4 Å². The van der Waals surface area contributed by atoms with Gasteiger partial charge in [0.25, 0.3) is 5.91 Å². The molecule has 1 aliphatic carbocycles. The zero-order valence-corrected chi connectivity index (χ0v) is 16.5. The second kappa shape index (κ2) is 7.70. The standard InChI is InChI=1S/C20H24N2O4S/c1-13(2)22-27(24,25)19-12-16(8-10-18(19)26-3)20(23)21-17-9-7-14-5-4-6-15(14)11-17/h7-13,22H,4-6H2,1-3H3,(H,21,23). The highest BCUT2D eigenvalue weighted by Crippen LogP contribution is 2.27. The molecular formula is C20H24N2O4S. The Bertz CT molecular complexity index is 968. The number of rotatable bonds is 6. The molecule has 2 aromatic carbocycles. The van der Waals surface area contributed by atoms with E-state index in [2.05, 4.69) is 10.0 Å². The number of carbonyl (C=O) groups excluding carboxylic acids is 1. The summed E-state index contributed by atoms with van der Waals surface area (Å²) >= 11 is 0. The van der Waals surface area contributed by atoms with Gasteiger partial charge in [-0.05, 0) is 74.6 Å². The van der Waals surface area contributed by atoms with E-state index < -0.39 is 10.0 Å². The number of benzene rings is 2. The Morgan fingerprint density at radius 1 is 1.07 bits per heavy atom. The molecule has 7 heteroatoms. The summed E-state index contributed by atoms with van der Waals surface area (Å²) in [6, 6.07) is 10.0. The van der Waals surface area contributed by atoms with Crippen LogP contribution in [0, 0.1) is 0 Å². The zero-order chi connectivity index (χ0) is 19.6. The monoisotopic (exact) mass is 388 g/mol. The van der Waals surface area contributed by atoms with Crippen LogP contribution in [-0.4, -0.2) is 27.5 Å². The lowest BCUT2D eigenvalue weighted by Crippen LogP contribution is -2.30. The van der Waals surface area contributed by atoms with Gasteiger partial charge in [0.15, 0.2) is 0 Å². The average molecular weight is 388 g/mol. The number of nitrogens with one attached hydrogen (secondary N) is 2. The van der Waals surface area contributed by atoms with E-state index in [1.807, 2.05) is 18.2 Å². The maximum Gasteiger partial charge on any atom is 0.255 e. The van der Waals surface area contributed by atoms with Crippen LogP contribution in [0.2, 0.25) is 0 Å². The number of fused-ring (bicyclic) bond motifs is 1. The fraction of sp³-hybridized carbons (Fsp3) is 0.350. The molecule has 0 saturated heterocycles. The van der Waals surface area contributed by atoms with Gasteiger partial charge in [-0.15, -0.1) is 0 Å². The van der Waals surface area contributed by atoms with E-state index in [1.165, 1.54) is 30.4 Å². The van der Waals surface area contributed by atoms with Crippen LogP contribution in [0.25, 0.3) is 0 Å². The SMILES string of the molecule is COc1ccc(C(=O)Nc2ccc3c(c2)CCC3)cc1S(=O)(=O)NC(C)C. The molecule has 3 rings (SSSR count). The molecule has 0 unspecified atom stereocenters. The van der Waals surface area contributed by atoms with E-state index in [0.717, 1.165) is 19.3 Å². The molecule has 0 aromatic heterocycles. The Hall–Kier alpha value is -2.38. The number of amides is 1. The molecular weight excluding hydrogens is 364 g/mol. The first-order chi connectivity index (χ1) is 12.8. The quantitative estimate of drug-likeness (QED) is 0.796. The predicted molar refractivity (Wildman–Crippen MR) is 105 cm³/mol. The Morgan fingerprint density at radius 2 is 1.81 bits per heavy atom. The van der Waals surface area contributed by atoms with E-state index in [0.29, 0.717) is 5.69 Å². The number of sulfonamides is 1. The smallest absolute Gasteiger partial charge is 0.255 e. The predicted octanol–water partition coefficient (Wildman–Crippen LogP) is 3.12. The van der Waals surface area contributed by atoms with Crippen molar-refractivity contribution in [2.24, 2.45) is 0 Å². The van der Waals surface area contributed by atoms with Gasteiger partial charge in [-0.25, -0.2) is 13.1 Å². The number of hydrogen-bond donors (Lipinski definition) is 2. The molecule has 0 fully saturated rings. The van der Waals surface area contributed by atoms with Gasteiger partial charge < -0.3 is 10.1 Å². The summed E-state index contributed by atoms with van der Waals surface area (Å²) in [6.07, 6.45) is 3.23. The molecule has 1 aliphatic rings. The summed E-state index contributed by atoms with van der Waals surface area (Å²) in [5, 5.41) is 2.85. The first-order valence-corrected chi connectivity index (χ1v) is 10.4. The van der Waals surface area contributed by atoms with Crippen molar-refractivity contribution in [1.82, 2.24) is 4.72 Å². The van der Waals surface area contributed by atoms with Crippen LogP contribution in [0.1, 0.15) is 41.8 Å². The third-order valence-corrected chi connectivity index (χ3v) is 6.14. The summed E-state index contributed by atoms with van der Waals surface area (Å²) < 4.78 is 32.8. The van der Waals surface area contributed by atoms with Crippen molar-refractivity contribution in [3.05, 3.63) is 53.1 Å². The molecule has 2 N–H and O–H groups in total. The van der Waals surface area contributed by atoms with Crippen molar-refractivity contribution >= 4 is 21.6 Å². The minimum Gasteiger partial charge on any atom is -0.495 e. The molecule has 0 bridgehead atoms. The second-order valence-corrected chi connectivity index (χ2v) is 8.62. The number of ether oxygens (including phenoxy) is 1. The summed E-state index contributed by atoms with van der Waals surface area (Å²) in [5.74, 6) is -0.172. The van der Waals surface area contributed by atoms with Crippen LogP contribution in [0.4, 0.5) is 5.69 Å². The number of aryl methyl sites for hydroxylation is 2. The van der Waals surface area contributed by atoms with E-state index in [-0.39, 0.29) is 28.2 Å². The first kappa shape index (κ1) is 19.4. The number of carbonyl (C=O) groups is 1. The van der Waals surface area contributed by atoms with Gasteiger partial charge in [-0.1, -0.05) is 6.07 Å². The minimum absolute atomic E-state index is 0.0553. The van der Waals surface area contributed by atoms with Crippen molar-refractivity contribution in [3.8, 4) is 5.75 Å². The molecule has 0 aliphatic heterocycles. The second-order valence-electron chi connectivity index (χ2n) is 6.93. The molecule has 0 spiro atoms. The van der Waals surface area contributed by atoms with Crippen LogP contribution < -0.4 is 14.8 Å². The highest BCUT2D eigenvalue weighted by Gasteiger charge is 2.22. The third kappa shape index (κ3) is 4.31. The first-order valence-electron chi connectivity index (χ1n) is 8.93. The number of anilines is 1. The van der Waals surface area contributed by atoms with Gasteiger partial charge in [0.05, 0.1) is 7.11 Å². The molecule has 0 radical (unpaired) electrons. The summed E-state index contributed by atoms with van der Waals surface area (Å²) in [5.41, 5.74) is 3.54. The van der Waals surface area contributed by atoms with Gasteiger partial charge in [0, 0.05) is 17.3 Å². The maximum atomic E-state index is 12.6. The van der Waals surface area contributed by atoms with Gasteiger partial charge in [0.1, 0.15) is 10.6 Å². The number of methoxy groups -OCH3 is 1. The Balaban J connectivity index is 1.88. The van der Waals surface area contributed by atoms with Crippen LogP contribution in [-0.2, 0) is 22.9 Å². The Kier molecular flexibility index (Phi) is 5.53. The lowest BCUT2D eigenvalue weighted by atomic mass is 10.1. The van der Waals surface area contributed by atoms with Gasteiger partial charge in [0.2, 0.25) is 10.0 Å². The highest BCUT2D eigenvalue weighted by atomic mass is 32.2. The van der Waals surface area contributed by atoms with Crippen molar-refractivity contribution in [1.29, 1.82) is 0 Å². The van der Waals surface area contributed by atoms with E-state index in [4.69, 9.17) is 4.74 Å². The van der Waals surface area contributed by atoms with Crippen LogP contribution in [0.5, 0.6) is 5.75 Å². The average Bonchev–Trinajstić information content (AvgIpc) is 3.07. The zero-order valence-electron chi connectivity index (χ0n) is 15.7. The normalized spacial score (nSPS) is 13.5. The molecule has 0 atom stereocenters. The van der Waals surface area contributed by atoms with Crippen LogP contribution >= 0.6 is 0 Å². The molecule has 1 amide bonds. The fourth-order valence-corrected chi connectivity index (χ4v) is 4.70. The van der Waals surface area contributed by atoms with Crippen LogP contribution in [0.15, 0.2) is 41.3 Å². The topological polar surface area (TPSA) is 84.5 Å². The molecule has 6 nitrogen and oxygen atoms in total.